The minimum absolute atomic E-state index is 0.00102. The van der Waals surface area contributed by atoms with Gasteiger partial charge in [0.25, 0.3) is 0 Å². The summed E-state index contributed by atoms with van der Waals surface area (Å²) >= 11 is 0. The number of carbonyl (C=O) groups is 1. The number of hydrogen-bond donors (Lipinski definition) is 0. The van der Waals surface area contributed by atoms with Crippen LogP contribution in [0, 0.1) is 12.7 Å². The summed E-state index contributed by atoms with van der Waals surface area (Å²) in [4.78, 5) is 19.3. The average molecular weight is 364 g/mol. The number of likely N-dealkylation sites (tertiary alicyclic amines) is 1. The third-order valence-electron chi connectivity index (χ3n) is 5.06. The van der Waals surface area contributed by atoms with Crippen LogP contribution < -0.4 is 0 Å². The second-order valence-corrected chi connectivity index (χ2v) is 6.86. The van der Waals surface area contributed by atoms with Crippen LogP contribution in [0.3, 0.4) is 0 Å². The SMILES string of the molecule is Cc1oc(-c2ccccc2)nc1CC(=O)N1CCC[C@H]1c1ccc(F)cc1. The molecule has 1 saturated heterocycles. The molecule has 1 amide bonds. The fourth-order valence-corrected chi connectivity index (χ4v) is 3.64. The van der Waals surface area contributed by atoms with E-state index < -0.39 is 0 Å². The van der Waals surface area contributed by atoms with Gasteiger partial charge in [-0.25, -0.2) is 9.37 Å². The van der Waals surface area contributed by atoms with Gasteiger partial charge in [0.2, 0.25) is 11.8 Å². The summed E-state index contributed by atoms with van der Waals surface area (Å²) < 4.78 is 19.0. The van der Waals surface area contributed by atoms with E-state index in [2.05, 4.69) is 4.98 Å². The van der Waals surface area contributed by atoms with Gasteiger partial charge in [-0.1, -0.05) is 30.3 Å². The highest BCUT2D eigenvalue weighted by Gasteiger charge is 2.30. The molecule has 27 heavy (non-hydrogen) atoms. The van der Waals surface area contributed by atoms with E-state index in [4.69, 9.17) is 4.42 Å². The van der Waals surface area contributed by atoms with Crippen LogP contribution in [-0.4, -0.2) is 22.3 Å². The van der Waals surface area contributed by atoms with Crippen molar-refractivity contribution < 1.29 is 13.6 Å². The number of halogens is 1. The lowest BCUT2D eigenvalue weighted by Gasteiger charge is -2.25. The Morgan fingerprint density at radius 3 is 2.67 bits per heavy atom. The van der Waals surface area contributed by atoms with Crippen LogP contribution in [-0.2, 0) is 11.2 Å². The summed E-state index contributed by atoms with van der Waals surface area (Å²) in [7, 11) is 0. The molecule has 2 aromatic carbocycles. The van der Waals surface area contributed by atoms with E-state index in [9.17, 15) is 9.18 Å². The van der Waals surface area contributed by atoms with Gasteiger partial charge in [0.1, 0.15) is 11.6 Å². The summed E-state index contributed by atoms with van der Waals surface area (Å²) in [5.41, 5.74) is 2.54. The molecule has 1 fully saturated rings. The lowest BCUT2D eigenvalue weighted by Crippen LogP contribution is -2.32. The third kappa shape index (κ3) is 3.63. The van der Waals surface area contributed by atoms with E-state index in [1.165, 1.54) is 12.1 Å². The summed E-state index contributed by atoms with van der Waals surface area (Å²) in [6, 6.07) is 16.1. The highest BCUT2D eigenvalue weighted by molar-refractivity contribution is 5.79. The molecule has 4 nitrogen and oxygen atoms in total. The zero-order valence-corrected chi connectivity index (χ0v) is 15.2. The number of benzene rings is 2. The molecule has 5 heteroatoms. The van der Waals surface area contributed by atoms with Crippen LogP contribution in [0.25, 0.3) is 11.5 Å². The summed E-state index contributed by atoms with van der Waals surface area (Å²) in [5, 5.41) is 0. The van der Waals surface area contributed by atoms with Crippen molar-refractivity contribution in [2.75, 3.05) is 6.54 Å². The molecule has 0 spiro atoms. The molecule has 0 radical (unpaired) electrons. The Labute approximate surface area is 157 Å². The van der Waals surface area contributed by atoms with Crippen LogP contribution in [0.5, 0.6) is 0 Å². The largest absolute Gasteiger partial charge is 0.441 e. The van der Waals surface area contributed by atoms with Gasteiger partial charge in [0, 0.05) is 12.1 Å². The van der Waals surface area contributed by atoms with Gasteiger partial charge in [0.05, 0.1) is 18.2 Å². The van der Waals surface area contributed by atoms with Crippen molar-refractivity contribution in [1.29, 1.82) is 0 Å². The number of aromatic nitrogens is 1. The number of rotatable bonds is 4. The van der Waals surface area contributed by atoms with Crippen LogP contribution in [0.1, 0.15) is 35.9 Å². The third-order valence-corrected chi connectivity index (χ3v) is 5.06. The highest BCUT2D eigenvalue weighted by Crippen LogP contribution is 2.33. The van der Waals surface area contributed by atoms with Crippen LogP contribution in [0.15, 0.2) is 59.0 Å². The van der Waals surface area contributed by atoms with E-state index in [0.29, 0.717) is 23.9 Å². The molecule has 0 saturated carbocycles. The van der Waals surface area contributed by atoms with Gasteiger partial charge in [-0.3, -0.25) is 4.79 Å². The molecule has 0 unspecified atom stereocenters. The minimum atomic E-state index is -0.263. The van der Waals surface area contributed by atoms with Crippen molar-refractivity contribution in [2.24, 2.45) is 0 Å². The van der Waals surface area contributed by atoms with Gasteiger partial charge in [-0.2, -0.15) is 0 Å². The Balaban J connectivity index is 1.52. The molecular formula is C22H21FN2O2. The first-order valence-electron chi connectivity index (χ1n) is 9.18. The minimum Gasteiger partial charge on any atom is -0.441 e. The van der Waals surface area contributed by atoms with Crippen molar-refractivity contribution in [2.45, 2.75) is 32.2 Å². The number of hydrogen-bond acceptors (Lipinski definition) is 3. The van der Waals surface area contributed by atoms with Crippen molar-refractivity contribution in [1.82, 2.24) is 9.88 Å². The maximum absolute atomic E-state index is 13.2. The Bertz CT molecular complexity index is 935. The smallest absolute Gasteiger partial charge is 0.229 e. The molecule has 2 heterocycles. The fourth-order valence-electron chi connectivity index (χ4n) is 3.64. The van der Waals surface area contributed by atoms with Crippen molar-refractivity contribution in [3.8, 4) is 11.5 Å². The molecule has 1 atom stereocenters. The van der Waals surface area contributed by atoms with Gasteiger partial charge >= 0.3 is 0 Å². The second kappa shape index (κ2) is 7.35. The van der Waals surface area contributed by atoms with Crippen LogP contribution in [0.2, 0.25) is 0 Å². The predicted octanol–water partition coefficient (Wildman–Crippen LogP) is 4.70. The van der Waals surface area contributed by atoms with E-state index in [1.54, 1.807) is 12.1 Å². The zero-order valence-electron chi connectivity index (χ0n) is 15.2. The van der Waals surface area contributed by atoms with E-state index >= 15 is 0 Å². The zero-order chi connectivity index (χ0) is 18.8. The monoisotopic (exact) mass is 364 g/mol. The highest BCUT2D eigenvalue weighted by atomic mass is 19.1. The standard InChI is InChI=1S/C22H21FN2O2/c1-15-19(24-22(27-15)17-6-3-2-4-7-17)14-21(26)25-13-5-8-20(25)16-9-11-18(23)12-10-16/h2-4,6-7,9-12,20H,5,8,13-14H2,1H3/t20-/m0/s1. The molecule has 138 valence electrons. The molecule has 1 aromatic heterocycles. The first-order chi connectivity index (χ1) is 13.1. The Kier molecular flexibility index (Phi) is 4.75. The topological polar surface area (TPSA) is 46.3 Å². The van der Waals surface area contributed by atoms with E-state index in [1.807, 2.05) is 42.2 Å². The number of carbonyl (C=O) groups excluding carboxylic acids is 1. The number of nitrogens with zero attached hydrogens (tertiary/aromatic N) is 2. The van der Waals surface area contributed by atoms with E-state index in [0.717, 1.165) is 24.0 Å². The van der Waals surface area contributed by atoms with Crippen molar-refractivity contribution in [3.63, 3.8) is 0 Å². The molecule has 1 aliphatic heterocycles. The number of aryl methyl sites for hydroxylation is 1. The molecule has 1 aliphatic rings. The molecular weight excluding hydrogens is 343 g/mol. The summed E-state index contributed by atoms with van der Waals surface area (Å²) in [6.07, 6.45) is 2.05. The first kappa shape index (κ1) is 17.5. The summed E-state index contributed by atoms with van der Waals surface area (Å²) in [6.45, 7) is 2.55. The molecule has 0 aliphatic carbocycles. The maximum atomic E-state index is 13.2. The second-order valence-electron chi connectivity index (χ2n) is 6.86. The van der Waals surface area contributed by atoms with Gasteiger partial charge in [0.15, 0.2) is 0 Å². The molecule has 4 rings (SSSR count). The normalized spacial score (nSPS) is 16.7. The first-order valence-corrected chi connectivity index (χ1v) is 9.18. The van der Waals surface area contributed by atoms with Crippen molar-refractivity contribution >= 4 is 5.91 Å². The molecule has 0 N–H and O–H groups in total. The van der Waals surface area contributed by atoms with Crippen LogP contribution in [0.4, 0.5) is 4.39 Å². The van der Waals surface area contributed by atoms with Crippen LogP contribution >= 0.6 is 0 Å². The lowest BCUT2D eigenvalue weighted by molar-refractivity contribution is -0.131. The quantitative estimate of drug-likeness (QED) is 0.674. The Morgan fingerprint density at radius 2 is 1.93 bits per heavy atom. The maximum Gasteiger partial charge on any atom is 0.229 e. The average Bonchev–Trinajstić information content (AvgIpc) is 3.31. The number of oxazole rings is 1. The Hall–Kier alpha value is -2.95. The van der Waals surface area contributed by atoms with Gasteiger partial charge < -0.3 is 9.32 Å². The molecule has 3 aromatic rings. The van der Waals surface area contributed by atoms with Crippen molar-refractivity contribution in [3.05, 3.63) is 77.4 Å². The lowest BCUT2D eigenvalue weighted by atomic mass is 10.0. The fraction of sp³-hybridized carbons (Fsp3) is 0.273. The summed E-state index contributed by atoms with van der Waals surface area (Å²) in [5.74, 6) is 0.964. The Morgan fingerprint density at radius 1 is 1.19 bits per heavy atom. The van der Waals surface area contributed by atoms with Gasteiger partial charge in [-0.05, 0) is 49.6 Å². The van der Waals surface area contributed by atoms with Gasteiger partial charge in [-0.15, -0.1) is 0 Å². The number of amides is 1. The van der Waals surface area contributed by atoms with E-state index in [-0.39, 0.29) is 24.2 Å². The predicted molar refractivity (Wildman–Crippen MR) is 100 cm³/mol. The molecule has 0 bridgehead atoms.